The van der Waals surface area contributed by atoms with Gasteiger partial charge in [-0.3, -0.25) is 4.79 Å². The number of hydrogen-bond acceptors (Lipinski definition) is 4. The quantitative estimate of drug-likeness (QED) is 0.911. The van der Waals surface area contributed by atoms with Gasteiger partial charge in [0.1, 0.15) is 9.34 Å². The molecule has 0 fully saturated rings. The van der Waals surface area contributed by atoms with E-state index in [1.54, 1.807) is 24.4 Å². The lowest BCUT2D eigenvalue weighted by molar-refractivity contribution is 0.100. The molecule has 0 spiro atoms. The first-order chi connectivity index (χ1) is 8.56. The molecule has 1 amide bonds. The Morgan fingerprint density at radius 1 is 1.44 bits per heavy atom. The predicted octanol–water partition coefficient (Wildman–Crippen LogP) is 3.16. The summed E-state index contributed by atoms with van der Waals surface area (Å²) >= 11 is 13.1. The number of nitrogens with zero attached hydrogens (tertiary/aromatic N) is 1. The molecule has 0 aliphatic rings. The fraction of sp³-hybridized carbons (Fsp3) is 0.0909. The fourth-order valence-electron chi connectivity index (χ4n) is 1.37. The lowest BCUT2D eigenvalue weighted by Crippen LogP contribution is -2.11. The standard InChI is InChI=1S/C11H9Cl2N3OS/c12-8-3-6(1-2-7(8)11(14)17)15-5-10-16-4-9(13)18-10/h1-4,15H,5H2,(H2,14,17). The topological polar surface area (TPSA) is 68.0 Å². The lowest BCUT2D eigenvalue weighted by Gasteiger charge is -2.06. The van der Waals surface area contributed by atoms with Crippen LogP contribution in [-0.2, 0) is 6.54 Å². The minimum Gasteiger partial charge on any atom is -0.378 e. The molecule has 0 unspecified atom stereocenters. The first-order valence-corrected chi connectivity index (χ1v) is 6.57. The van der Waals surface area contributed by atoms with Gasteiger partial charge < -0.3 is 11.1 Å². The maximum Gasteiger partial charge on any atom is 0.250 e. The van der Waals surface area contributed by atoms with E-state index in [0.717, 1.165) is 10.7 Å². The summed E-state index contributed by atoms with van der Waals surface area (Å²) in [6.45, 7) is 0.545. The minimum absolute atomic E-state index is 0.305. The van der Waals surface area contributed by atoms with E-state index in [9.17, 15) is 4.79 Å². The van der Waals surface area contributed by atoms with Crippen molar-refractivity contribution in [3.05, 3.63) is 44.3 Å². The molecule has 3 N–H and O–H groups in total. The Kier molecular flexibility index (Phi) is 4.06. The average Bonchev–Trinajstić information content (AvgIpc) is 2.72. The number of benzene rings is 1. The van der Waals surface area contributed by atoms with Crippen LogP contribution in [0.25, 0.3) is 0 Å². The third-order valence-electron chi connectivity index (χ3n) is 2.20. The van der Waals surface area contributed by atoms with Crippen LogP contribution in [0.15, 0.2) is 24.4 Å². The number of halogens is 2. The highest BCUT2D eigenvalue weighted by atomic mass is 35.5. The van der Waals surface area contributed by atoms with E-state index in [0.29, 0.717) is 21.5 Å². The molecule has 4 nitrogen and oxygen atoms in total. The molecule has 1 heterocycles. The second-order valence-electron chi connectivity index (χ2n) is 3.47. The zero-order valence-electron chi connectivity index (χ0n) is 9.11. The van der Waals surface area contributed by atoms with Crippen molar-refractivity contribution in [2.24, 2.45) is 5.73 Å². The smallest absolute Gasteiger partial charge is 0.250 e. The van der Waals surface area contributed by atoms with Gasteiger partial charge in [-0.1, -0.05) is 23.2 Å². The molecule has 0 saturated carbocycles. The van der Waals surface area contributed by atoms with Crippen LogP contribution in [0.3, 0.4) is 0 Å². The van der Waals surface area contributed by atoms with Gasteiger partial charge in [0.05, 0.1) is 23.3 Å². The van der Waals surface area contributed by atoms with Crippen LogP contribution in [0.4, 0.5) is 5.69 Å². The molecule has 0 aliphatic heterocycles. The van der Waals surface area contributed by atoms with E-state index in [4.69, 9.17) is 28.9 Å². The third-order valence-corrected chi connectivity index (χ3v) is 3.63. The maximum atomic E-state index is 11.0. The summed E-state index contributed by atoms with van der Waals surface area (Å²) in [6.07, 6.45) is 1.60. The van der Waals surface area contributed by atoms with Gasteiger partial charge in [-0.25, -0.2) is 4.98 Å². The molecule has 0 saturated heterocycles. The summed E-state index contributed by atoms with van der Waals surface area (Å²) in [6, 6.07) is 4.97. The number of nitrogens with two attached hydrogens (primary N) is 1. The summed E-state index contributed by atoms with van der Waals surface area (Å²) in [5.41, 5.74) is 6.26. The third kappa shape index (κ3) is 3.13. The fourth-order valence-corrected chi connectivity index (χ4v) is 2.54. The van der Waals surface area contributed by atoms with Crippen molar-refractivity contribution in [2.45, 2.75) is 6.54 Å². The van der Waals surface area contributed by atoms with Crippen LogP contribution < -0.4 is 11.1 Å². The molecule has 0 bridgehead atoms. The highest BCUT2D eigenvalue weighted by Gasteiger charge is 2.07. The summed E-state index contributed by atoms with van der Waals surface area (Å²) < 4.78 is 0.647. The number of aromatic nitrogens is 1. The van der Waals surface area contributed by atoms with E-state index in [1.807, 2.05) is 0 Å². The Morgan fingerprint density at radius 2 is 2.22 bits per heavy atom. The van der Waals surface area contributed by atoms with E-state index < -0.39 is 5.91 Å². The second kappa shape index (κ2) is 5.56. The highest BCUT2D eigenvalue weighted by Crippen LogP contribution is 2.22. The Balaban J connectivity index is 2.06. The van der Waals surface area contributed by atoms with E-state index in [-0.39, 0.29) is 0 Å². The molecule has 0 radical (unpaired) electrons. The van der Waals surface area contributed by atoms with Crippen LogP contribution in [0.2, 0.25) is 9.36 Å². The highest BCUT2D eigenvalue weighted by molar-refractivity contribution is 7.15. The zero-order chi connectivity index (χ0) is 13.1. The molecule has 94 valence electrons. The monoisotopic (exact) mass is 301 g/mol. The maximum absolute atomic E-state index is 11.0. The average molecular weight is 302 g/mol. The molecule has 2 rings (SSSR count). The van der Waals surface area contributed by atoms with Gasteiger partial charge in [0.25, 0.3) is 0 Å². The number of rotatable bonds is 4. The number of nitrogens with one attached hydrogen (secondary N) is 1. The van der Waals surface area contributed by atoms with Crippen molar-refractivity contribution in [3.63, 3.8) is 0 Å². The van der Waals surface area contributed by atoms with Crippen LogP contribution in [0.1, 0.15) is 15.4 Å². The Morgan fingerprint density at radius 3 is 2.78 bits per heavy atom. The first kappa shape index (κ1) is 13.1. The number of anilines is 1. The lowest BCUT2D eigenvalue weighted by atomic mass is 10.2. The number of primary amides is 1. The molecule has 1 aromatic heterocycles. The van der Waals surface area contributed by atoms with Crippen LogP contribution in [-0.4, -0.2) is 10.9 Å². The van der Waals surface area contributed by atoms with Gasteiger partial charge in [-0.15, -0.1) is 11.3 Å². The first-order valence-electron chi connectivity index (χ1n) is 4.99. The van der Waals surface area contributed by atoms with E-state index >= 15 is 0 Å². The normalized spacial score (nSPS) is 10.3. The molecule has 0 aliphatic carbocycles. The van der Waals surface area contributed by atoms with Crippen molar-refractivity contribution in [3.8, 4) is 0 Å². The van der Waals surface area contributed by atoms with Gasteiger partial charge in [0, 0.05) is 5.69 Å². The van der Waals surface area contributed by atoms with E-state index in [1.165, 1.54) is 11.3 Å². The summed E-state index contributed by atoms with van der Waals surface area (Å²) in [4.78, 5) is 15.1. The number of carbonyl (C=O) groups excluding carboxylic acids is 1. The van der Waals surface area contributed by atoms with Crippen LogP contribution >= 0.6 is 34.5 Å². The van der Waals surface area contributed by atoms with Crippen molar-refractivity contribution >= 4 is 46.1 Å². The number of amides is 1. The van der Waals surface area contributed by atoms with E-state index in [2.05, 4.69) is 10.3 Å². The number of carbonyl (C=O) groups is 1. The molecule has 18 heavy (non-hydrogen) atoms. The van der Waals surface area contributed by atoms with Crippen LogP contribution in [0.5, 0.6) is 0 Å². The SMILES string of the molecule is NC(=O)c1ccc(NCc2ncc(Cl)s2)cc1Cl. The minimum atomic E-state index is -0.543. The second-order valence-corrected chi connectivity index (χ2v) is 5.62. The van der Waals surface area contributed by atoms with Gasteiger partial charge in [-0.05, 0) is 18.2 Å². The van der Waals surface area contributed by atoms with Crippen molar-refractivity contribution in [1.82, 2.24) is 4.98 Å². The Hall–Kier alpha value is -1.30. The van der Waals surface area contributed by atoms with Gasteiger partial charge in [0.15, 0.2) is 0 Å². The number of hydrogen-bond donors (Lipinski definition) is 2. The van der Waals surface area contributed by atoms with Gasteiger partial charge in [-0.2, -0.15) is 0 Å². The molecular formula is C11H9Cl2N3OS. The van der Waals surface area contributed by atoms with Crippen molar-refractivity contribution in [2.75, 3.05) is 5.32 Å². The Labute approximate surface area is 118 Å². The zero-order valence-corrected chi connectivity index (χ0v) is 11.4. The molecule has 7 heteroatoms. The van der Waals surface area contributed by atoms with Crippen molar-refractivity contribution in [1.29, 1.82) is 0 Å². The molecule has 2 aromatic rings. The predicted molar refractivity (Wildman–Crippen MR) is 74.4 cm³/mol. The summed E-state index contributed by atoms with van der Waals surface area (Å²) in [7, 11) is 0. The Bertz CT molecular complexity index is 585. The largest absolute Gasteiger partial charge is 0.378 e. The molecule has 1 aromatic carbocycles. The summed E-state index contributed by atoms with van der Waals surface area (Å²) in [5.74, 6) is -0.543. The van der Waals surface area contributed by atoms with Crippen LogP contribution in [0, 0.1) is 0 Å². The number of thiazole rings is 1. The molecule has 0 atom stereocenters. The summed E-state index contributed by atoms with van der Waals surface area (Å²) in [5, 5.41) is 4.33. The van der Waals surface area contributed by atoms with Gasteiger partial charge in [0.2, 0.25) is 5.91 Å². The van der Waals surface area contributed by atoms with Crippen molar-refractivity contribution < 1.29 is 4.79 Å². The van der Waals surface area contributed by atoms with Gasteiger partial charge >= 0.3 is 0 Å². The molecular weight excluding hydrogens is 293 g/mol.